The Balaban J connectivity index is 0.00000288. The molecule has 134 valence electrons. The summed E-state index contributed by atoms with van der Waals surface area (Å²) in [5.41, 5.74) is 0.565. The first-order chi connectivity index (χ1) is 11.1. The van der Waals surface area contributed by atoms with Crippen LogP contribution in [0.3, 0.4) is 0 Å². The highest BCUT2D eigenvalue weighted by Crippen LogP contribution is 2.33. The molecule has 1 heterocycles. The molecule has 1 atom stereocenters. The van der Waals surface area contributed by atoms with Crippen LogP contribution in [-0.2, 0) is 9.53 Å². The van der Waals surface area contributed by atoms with Crippen molar-refractivity contribution in [2.75, 3.05) is 33.2 Å². The van der Waals surface area contributed by atoms with E-state index >= 15 is 0 Å². The van der Waals surface area contributed by atoms with Crippen molar-refractivity contribution < 1.29 is 23.8 Å². The van der Waals surface area contributed by atoms with Crippen LogP contribution in [0.5, 0.6) is 11.5 Å². The van der Waals surface area contributed by atoms with E-state index in [2.05, 4.69) is 10.6 Å². The summed E-state index contributed by atoms with van der Waals surface area (Å²) in [5, 5.41) is 6.03. The molecule has 2 rings (SSSR count). The van der Waals surface area contributed by atoms with Gasteiger partial charge in [-0.2, -0.15) is 0 Å². The number of ether oxygens (including phenoxy) is 3. The topological polar surface area (TPSA) is 85.9 Å². The minimum atomic E-state index is -0.555. The number of carbonyl (C=O) groups is 2. The number of nitrogens with one attached hydrogen (secondary N) is 2. The van der Waals surface area contributed by atoms with Crippen LogP contribution in [0.4, 0.5) is 5.69 Å². The van der Waals surface area contributed by atoms with E-state index in [-0.39, 0.29) is 29.9 Å². The minimum absolute atomic E-state index is 0. The van der Waals surface area contributed by atoms with E-state index in [0.717, 1.165) is 19.4 Å². The van der Waals surface area contributed by atoms with Crippen LogP contribution in [0.2, 0.25) is 0 Å². The van der Waals surface area contributed by atoms with E-state index in [1.165, 1.54) is 27.4 Å². The molecule has 1 amide bonds. The molecule has 0 aliphatic carbocycles. The highest BCUT2D eigenvalue weighted by atomic mass is 35.5. The third-order valence-corrected chi connectivity index (χ3v) is 3.80. The molecule has 0 saturated carbocycles. The van der Waals surface area contributed by atoms with Gasteiger partial charge in [0.25, 0.3) is 0 Å². The Morgan fingerprint density at radius 1 is 1.21 bits per heavy atom. The first-order valence-corrected chi connectivity index (χ1v) is 7.46. The number of methoxy groups -OCH3 is 3. The molecule has 1 aromatic rings. The third kappa shape index (κ3) is 4.75. The second-order valence-electron chi connectivity index (χ2n) is 5.29. The monoisotopic (exact) mass is 358 g/mol. The summed E-state index contributed by atoms with van der Waals surface area (Å²) < 4.78 is 15.2. The van der Waals surface area contributed by atoms with Gasteiger partial charge in [-0.05, 0) is 19.4 Å². The molecule has 0 radical (unpaired) electrons. The fourth-order valence-electron chi connectivity index (χ4n) is 2.62. The predicted octanol–water partition coefficient (Wildman–Crippen LogP) is 1.99. The predicted molar refractivity (Wildman–Crippen MR) is 92.4 cm³/mol. The molecule has 1 aliphatic rings. The van der Waals surface area contributed by atoms with Crippen molar-refractivity contribution in [2.24, 2.45) is 0 Å². The number of anilines is 1. The molecule has 1 saturated heterocycles. The number of benzene rings is 1. The van der Waals surface area contributed by atoms with Gasteiger partial charge in [0.05, 0.1) is 32.6 Å². The molecule has 0 spiro atoms. The number of hydrogen-bond donors (Lipinski definition) is 2. The van der Waals surface area contributed by atoms with Crippen molar-refractivity contribution in [3.63, 3.8) is 0 Å². The lowest BCUT2D eigenvalue weighted by molar-refractivity contribution is -0.116. The van der Waals surface area contributed by atoms with E-state index in [4.69, 9.17) is 14.2 Å². The van der Waals surface area contributed by atoms with Crippen LogP contribution >= 0.6 is 12.4 Å². The van der Waals surface area contributed by atoms with Gasteiger partial charge in [0, 0.05) is 24.6 Å². The van der Waals surface area contributed by atoms with Crippen molar-refractivity contribution >= 4 is 30.0 Å². The van der Waals surface area contributed by atoms with Crippen molar-refractivity contribution in [1.29, 1.82) is 0 Å². The molecular weight excluding hydrogens is 336 g/mol. The van der Waals surface area contributed by atoms with E-state index in [1.54, 1.807) is 6.07 Å². The molecule has 7 nitrogen and oxygen atoms in total. The zero-order valence-electron chi connectivity index (χ0n) is 14.0. The maximum absolute atomic E-state index is 12.2. The Labute approximate surface area is 147 Å². The zero-order valence-corrected chi connectivity index (χ0v) is 14.8. The fourth-order valence-corrected chi connectivity index (χ4v) is 2.62. The molecule has 0 bridgehead atoms. The average molecular weight is 359 g/mol. The first kappa shape index (κ1) is 20.1. The Morgan fingerprint density at radius 3 is 2.42 bits per heavy atom. The number of halogens is 1. The molecule has 1 unspecified atom stereocenters. The van der Waals surface area contributed by atoms with Gasteiger partial charge >= 0.3 is 5.97 Å². The summed E-state index contributed by atoms with van der Waals surface area (Å²) in [6.07, 6.45) is 2.40. The van der Waals surface area contributed by atoms with E-state index in [1.807, 2.05) is 0 Å². The van der Waals surface area contributed by atoms with Gasteiger partial charge < -0.3 is 24.8 Å². The van der Waals surface area contributed by atoms with Gasteiger partial charge in [-0.15, -0.1) is 12.4 Å². The lowest BCUT2D eigenvalue weighted by atomic mass is 10.1. The lowest BCUT2D eigenvalue weighted by Gasteiger charge is -2.15. The molecule has 2 N–H and O–H groups in total. The first-order valence-electron chi connectivity index (χ1n) is 7.46. The highest BCUT2D eigenvalue weighted by molar-refractivity contribution is 6.02. The molecule has 1 fully saturated rings. The van der Waals surface area contributed by atoms with Crippen LogP contribution < -0.4 is 20.1 Å². The van der Waals surface area contributed by atoms with Crippen LogP contribution in [0.25, 0.3) is 0 Å². The molecule has 0 aromatic heterocycles. The number of amides is 1. The second kappa shape index (κ2) is 9.34. The number of esters is 1. The van der Waals surface area contributed by atoms with Crippen molar-refractivity contribution in [1.82, 2.24) is 5.32 Å². The number of carbonyl (C=O) groups excluding carboxylic acids is 2. The largest absolute Gasteiger partial charge is 0.493 e. The fraction of sp³-hybridized carbons (Fsp3) is 0.500. The SMILES string of the molecule is COC(=O)c1cc(OC)c(OC)cc1NC(=O)CC1CCCN1.Cl. The molecule has 8 heteroatoms. The average Bonchev–Trinajstić information content (AvgIpc) is 3.06. The summed E-state index contributed by atoms with van der Waals surface area (Å²) in [6.45, 7) is 0.932. The Morgan fingerprint density at radius 2 is 1.88 bits per heavy atom. The Hall–Kier alpha value is -1.99. The zero-order chi connectivity index (χ0) is 16.8. The molecule has 1 aliphatic heterocycles. The summed E-state index contributed by atoms with van der Waals surface area (Å²) in [5.74, 6) is 0.0971. The van der Waals surface area contributed by atoms with Gasteiger partial charge in [-0.25, -0.2) is 4.79 Å². The van der Waals surface area contributed by atoms with Crippen molar-refractivity contribution in [2.45, 2.75) is 25.3 Å². The maximum Gasteiger partial charge on any atom is 0.340 e. The van der Waals surface area contributed by atoms with Crippen LogP contribution in [0.15, 0.2) is 12.1 Å². The molecular formula is C16H23ClN2O5. The normalized spacial score (nSPS) is 16.0. The molecule has 24 heavy (non-hydrogen) atoms. The maximum atomic E-state index is 12.2. The Kier molecular flexibility index (Phi) is 7.81. The third-order valence-electron chi connectivity index (χ3n) is 3.80. The smallest absolute Gasteiger partial charge is 0.340 e. The van der Waals surface area contributed by atoms with Crippen LogP contribution in [-0.4, -0.2) is 45.8 Å². The Bertz CT molecular complexity index is 588. The van der Waals surface area contributed by atoms with Gasteiger partial charge in [0.1, 0.15) is 0 Å². The van der Waals surface area contributed by atoms with E-state index in [9.17, 15) is 9.59 Å². The summed E-state index contributed by atoms with van der Waals surface area (Å²) >= 11 is 0. The minimum Gasteiger partial charge on any atom is -0.493 e. The second-order valence-corrected chi connectivity index (χ2v) is 5.29. The van der Waals surface area contributed by atoms with Crippen LogP contribution in [0.1, 0.15) is 29.6 Å². The van der Waals surface area contributed by atoms with E-state index < -0.39 is 5.97 Å². The van der Waals surface area contributed by atoms with Gasteiger partial charge in [0.15, 0.2) is 11.5 Å². The number of hydrogen-bond acceptors (Lipinski definition) is 6. The summed E-state index contributed by atoms with van der Waals surface area (Å²) in [6, 6.07) is 3.23. The van der Waals surface area contributed by atoms with Crippen molar-refractivity contribution in [3.05, 3.63) is 17.7 Å². The summed E-state index contributed by atoms with van der Waals surface area (Å²) in [7, 11) is 4.25. The van der Waals surface area contributed by atoms with Gasteiger partial charge in [-0.1, -0.05) is 0 Å². The number of rotatable bonds is 6. The standard InChI is InChI=1S/C16H22N2O5.ClH/c1-21-13-8-11(16(20)23-3)12(9-14(13)22-2)18-15(19)7-10-5-4-6-17-10;/h8-10,17H,4-7H2,1-3H3,(H,18,19);1H. The van der Waals surface area contributed by atoms with Crippen molar-refractivity contribution in [3.8, 4) is 11.5 Å². The summed E-state index contributed by atoms with van der Waals surface area (Å²) in [4.78, 5) is 24.2. The molecule has 1 aromatic carbocycles. The van der Waals surface area contributed by atoms with Gasteiger partial charge in [0.2, 0.25) is 5.91 Å². The highest BCUT2D eigenvalue weighted by Gasteiger charge is 2.21. The van der Waals surface area contributed by atoms with Gasteiger partial charge in [-0.3, -0.25) is 4.79 Å². The lowest BCUT2D eigenvalue weighted by Crippen LogP contribution is -2.28. The van der Waals surface area contributed by atoms with Crippen LogP contribution in [0, 0.1) is 0 Å². The quantitative estimate of drug-likeness (QED) is 0.756. The van der Waals surface area contributed by atoms with E-state index in [0.29, 0.717) is 23.6 Å².